The van der Waals surface area contributed by atoms with Crippen LogP contribution in [-0.2, 0) is 0 Å². The maximum Gasteiger partial charge on any atom is 0.272 e. The first-order chi connectivity index (χ1) is 15.6. The van der Waals surface area contributed by atoms with Crippen molar-refractivity contribution < 1.29 is 14.3 Å². The van der Waals surface area contributed by atoms with E-state index in [1.807, 2.05) is 67.3 Å². The zero-order chi connectivity index (χ0) is 22.5. The van der Waals surface area contributed by atoms with Crippen LogP contribution in [0.15, 0.2) is 48.5 Å². The van der Waals surface area contributed by atoms with Gasteiger partial charge in [0.05, 0.1) is 30.1 Å². The number of piperidine rings is 1. The van der Waals surface area contributed by atoms with Crippen LogP contribution in [0.25, 0.3) is 10.9 Å². The third-order valence-corrected chi connectivity index (χ3v) is 5.84. The van der Waals surface area contributed by atoms with E-state index >= 15 is 0 Å². The average Bonchev–Trinajstić information content (AvgIpc) is 2.81. The second kappa shape index (κ2) is 9.90. The van der Waals surface area contributed by atoms with Crippen molar-refractivity contribution >= 4 is 28.2 Å². The molecule has 4 rings (SSSR count). The normalized spacial score (nSPS) is 14.4. The van der Waals surface area contributed by atoms with E-state index in [2.05, 4.69) is 12.2 Å². The van der Waals surface area contributed by atoms with Crippen LogP contribution in [0.3, 0.4) is 0 Å². The van der Waals surface area contributed by atoms with Gasteiger partial charge in [-0.05, 0) is 56.9 Å². The Morgan fingerprint density at radius 2 is 1.78 bits per heavy atom. The van der Waals surface area contributed by atoms with Gasteiger partial charge in [0.15, 0.2) is 0 Å². The van der Waals surface area contributed by atoms with Gasteiger partial charge in [0.25, 0.3) is 5.91 Å². The Hall–Kier alpha value is -3.28. The molecular formula is C26H31N3O3. The highest BCUT2D eigenvalue weighted by Crippen LogP contribution is 2.35. The molecule has 0 saturated carbocycles. The molecule has 0 atom stereocenters. The predicted molar refractivity (Wildman–Crippen MR) is 128 cm³/mol. The molecule has 6 nitrogen and oxygen atoms in total. The highest BCUT2D eigenvalue weighted by Gasteiger charge is 2.23. The van der Waals surface area contributed by atoms with Crippen LogP contribution in [0.5, 0.6) is 11.5 Å². The smallest absolute Gasteiger partial charge is 0.272 e. The number of para-hydroxylation sites is 1. The topological polar surface area (TPSA) is 63.7 Å². The van der Waals surface area contributed by atoms with E-state index in [-0.39, 0.29) is 5.91 Å². The van der Waals surface area contributed by atoms with E-state index in [1.165, 1.54) is 0 Å². The molecule has 1 saturated heterocycles. The number of hydrogen-bond donors (Lipinski definition) is 1. The number of carbonyl (C=O) groups is 1. The molecule has 168 valence electrons. The third-order valence-electron chi connectivity index (χ3n) is 5.84. The number of fused-ring (bicyclic) bond motifs is 1. The number of nitrogens with one attached hydrogen (secondary N) is 1. The molecule has 0 spiro atoms. The number of pyridine rings is 1. The molecule has 0 radical (unpaired) electrons. The van der Waals surface area contributed by atoms with Crippen LogP contribution < -0.4 is 14.8 Å². The Bertz CT molecular complexity index is 1090. The molecule has 3 aromatic rings. The van der Waals surface area contributed by atoms with Crippen LogP contribution in [0, 0.1) is 5.92 Å². The Labute approximate surface area is 189 Å². The summed E-state index contributed by atoms with van der Waals surface area (Å²) in [5.41, 5.74) is 2.85. The fourth-order valence-electron chi connectivity index (χ4n) is 4.05. The summed E-state index contributed by atoms with van der Waals surface area (Å²) in [4.78, 5) is 19.9. The lowest BCUT2D eigenvalue weighted by Gasteiger charge is -2.30. The van der Waals surface area contributed by atoms with Crippen molar-refractivity contribution in [1.29, 1.82) is 0 Å². The molecule has 0 unspecified atom stereocenters. The number of likely N-dealkylation sites (tertiary alicyclic amines) is 1. The monoisotopic (exact) mass is 433 g/mol. The predicted octanol–water partition coefficient (Wildman–Crippen LogP) is 5.65. The van der Waals surface area contributed by atoms with E-state index in [4.69, 9.17) is 14.5 Å². The summed E-state index contributed by atoms with van der Waals surface area (Å²) in [6.45, 7) is 8.85. The van der Waals surface area contributed by atoms with Gasteiger partial charge < -0.3 is 19.7 Å². The van der Waals surface area contributed by atoms with Crippen LogP contribution >= 0.6 is 0 Å². The number of aromatic nitrogens is 1. The van der Waals surface area contributed by atoms with Crippen molar-refractivity contribution in [2.24, 2.45) is 5.92 Å². The average molecular weight is 434 g/mol. The van der Waals surface area contributed by atoms with E-state index in [9.17, 15) is 4.79 Å². The van der Waals surface area contributed by atoms with Crippen LogP contribution in [0.4, 0.5) is 11.4 Å². The van der Waals surface area contributed by atoms with Crippen LogP contribution in [0.1, 0.15) is 44.1 Å². The van der Waals surface area contributed by atoms with E-state index < -0.39 is 0 Å². The first-order valence-electron chi connectivity index (χ1n) is 11.4. The molecule has 1 N–H and O–H groups in total. The van der Waals surface area contributed by atoms with Gasteiger partial charge in [0.2, 0.25) is 0 Å². The zero-order valence-corrected chi connectivity index (χ0v) is 19.1. The molecule has 1 aliphatic rings. The number of carbonyl (C=O) groups excluding carboxylic acids is 1. The molecule has 1 aliphatic heterocycles. The molecular weight excluding hydrogens is 402 g/mol. The largest absolute Gasteiger partial charge is 0.494 e. The summed E-state index contributed by atoms with van der Waals surface area (Å²) in [6, 6.07) is 15.4. The van der Waals surface area contributed by atoms with Gasteiger partial charge in [-0.1, -0.05) is 25.1 Å². The van der Waals surface area contributed by atoms with Crippen molar-refractivity contribution in [3.05, 3.63) is 54.2 Å². The number of ether oxygens (including phenoxy) is 2. The molecule has 1 fully saturated rings. The summed E-state index contributed by atoms with van der Waals surface area (Å²) in [5, 5.41) is 4.43. The lowest BCUT2D eigenvalue weighted by Crippen LogP contribution is -2.38. The number of rotatable bonds is 7. The number of anilines is 2. The zero-order valence-electron chi connectivity index (χ0n) is 19.1. The SMILES string of the molecule is CCOc1ccc(OCC)c(Nc2cc(C(=O)N3CCC(C)CC3)nc3ccccc23)c1. The van der Waals surface area contributed by atoms with Gasteiger partial charge >= 0.3 is 0 Å². The third kappa shape index (κ3) is 4.79. The van der Waals surface area contributed by atoms with Crippen molar-refractivity contribution in [2.45, 2.75) is 33.6 Å². The van der Waals surface area contributed by atoms with E-state index in [1.54, 1.807) is 0 Å². The molecule has 0 aliphatic carbocycles. The molecule has 1 amide bonds. The first kappa shape index (κ1) is 21.9. The van der Waals surface area contributed by atoms with E-state index in [0.717, 1.165) is 59.7 Å². The Morgan fingerprint density at radius 1 is 1.03 bits per heavy atom. The highest BCUT2D eigenvalue weighted by atomic mass is 16.5. The minimum Gasteiger partial charge on any atom is -0.494 e. The minimum absolute atomic E-state index is 0.0150. The fourth-order valence-corrected chi connectivity index (χ4v) is 4.05. The van der Waals surface area contributed by atoms with Crippen molar-refractivity contribution in [3.8, 4) is 11.5 Å². The fraction of sp³-hybridized carbons (Fsp3) is 0.385. The maximum atomic E-state index is 13.3. The molecule has 2 aromatic carbocycles. The quantitative estimate of drug-likeness (QED) is 0.522. The van der Waals surface area contributed by atoms with Gasteiger partial charge in [-0.3, -0.25) is 4.79 Å². The molecule has 0 bridgehead atoms. The maximum absolute atomic E-state index is 13.3. The summed E-state index contributed by atoms with van der Waals surface area (Å²) in [6.07, 6.45) is 2.07. The minimum atomic E-state index is -0.0150. The van der Waals surface area contributed by atoms with Gasteiger partial charge in [-0.25, -0.2) is 4.98 Å². The van der Waals surface area contributed by atoms with Crippen LogP contribution in [-0.4, -0.2) is 42.1 Å². The second-order valence-electron chi connectivity index (χ2n) is 8.20. The first-order valence-corrected chi connectivity index (χ1v) is 11.4. The van der Waals surface area contributed by atoms with E-state index in [0.29, 0.717) is 24.8 Å². The van der Waals surface area contributed by atoms with Crippen molar-refractivity contribution in [1.82, 2.24) is 9.88 Å². The molecule has 1 aromatic heterocycles. The summed E-state index contributed by atoms with van der Waals surface area (Å²) >= 11 is 0. The molecule has 32 heavy (non-hydrogen) atoms. The van der Waals surface area contributed by atoms with Gasteiger partial charge in [-0.15, -0.1) is 0 Å². The summed E-state index contributed by atoms with van der Waals surface area (Å²) < 4.78 is 11.5. The number of hydrogen-bond acceptors (Lipinski definition) is 5. The Morgan fingerprint density at radius 3 is 2.53 bits per heavy atom. The van der Waals surface area contributed by atoms with Crippen LogP contribution in [0.2, 0.25) is 0 Å². The number of nitrogens with zero attached hydrogens (tertiary/aromatic N) is 2. The van der Waals surface area contributed by atoms with Gasteiger partial charge in [0, 0.05) is 24.5 Å². The molecule has 6 heteroatoms. The second-order valence-corrected chi connectivity index (χ2v) is 8.20. The Kier molecular flexibility index (Phi) is 6.78. The Balaban J connectivity index is 1.72. The highest BCUT2D eigenvalue weighted by molar-refractivity contribution is 6.01. The lowest BCUT2D eigenvalue weighted by atomic mass is 9.99. The van der Waals surface area contributed by atoms with Gasteiger partial charge in [0.1, 0.15) is 17.2 Å². The number of amides is 1. The van der Waals surface area contributed by atoms with Crippen molar-refractivity contribution in [3.63, 3.8) is 0 Å². The standard InChI is InChI=1S/C26H31N3O3/c1-4-31-19-10-11-25(32-5-2)23(16-19)28-22-17-24(27-21-9-7-6-8-20(21)22)26(30)29-14-12-18(3)13-15-29/h6-11,16-18H,4-5,12-15H2,1-3H3,(H,27,28). The number of benzene rings is 2. The summed E-state index contributed by atoms with van der Waals surface area (Å²) in [5.74, 6) is 2.14. The lowest BCUT2D eigenvalue weighted by molar-refractivity contribution is 0.0691. The summed E-state index contributed by atoms with van der Waals surface area (Å²) in [7, 11) is 0. The van der Waals surface area contributed by atoms with Gasteiger partial charge in [-0.2, -0.15) is 0 Å². The molecule has 2 heterocycles. The van der Waals surface area contributed by atoms with Crippen molar-refractivity contribution in [2.75, 3.05) is 31.6 Å².